The van der Waals surface area contributed by atoms with E-state index in [1.807, 2.05) is 35.4 Å². The Balaban J connectivity index is 1.51. The molecule has 0 radical (unpaired) electrons. The number of imidazole rings is 1. The third-order valence-corrected chi connectivity index (χ3v) is 6.07. The molecule has 5 rings (SSSR count). The predicted octanol–water partition coefficient (Wildman–Crippen LogP) is 2.40. The number of nitrogens with zero attached hydrogens (tertiary/aromatic N) is 4. The maximum atomic E-state index is 13.4. The standard InChI is InChI=1S/C22H23N5O2/c28-19-10-5-4-9-18-20(25-19)16(15-7-2-1-3-8-15)13-27(18)21(29)17-14-26-12-6-11-23-22(26)24-17/h1-3,6-8,11-12,14,16,18,20H,4-5,9-10,13H2,(H,25,28)/t16-,18+,20-/m0/s1. The van der Waals surface area contributed by atoms with Crippen molar-refractivity contribution in [1.82, 2.24) is 24.6 Å². The highest BCUT2D eigenvalue weighted by Crippen LogP contribution is 2.36. The molecule has 2 aliphatic rings. The summed E-state index contributed by atoms with van der Waals surface area (Å²) in [5, 5.41) is 3.22. The van der Waals surface area contributed by atoms with Crippen molar-refractivity contribution in [1.29, 1.82) is 0 Å². The van der Waals surface area contributed by atoms with Gasteiger partial charge in [-0.25, -0.2) is 9.97 Å². The first kappa shape index (κ1) is 17.8. The Morgan fingerprint density at radius 1 is 1.14 bits per heavy atom. The minimum absolute atomic E-state index is 0.0327. The van der Waals surface area contributed by atoms with Crippen LogP contribution in [-0.2, 0) is 4.79 Å². The molecule has 7 heteroatoms. The van der Waals surface area contributed by atoms with E-state index in [4.69, 9.17) is 0 Å². The van der Waals surface area contributed by atoms with Gasteiger partial charge in [0.25, 0.3) is 5.91 Å². The summed E-state index contributed by atoms with van der Waals surface area (Å²) in [6.45, 7) is 0.569. The summed E-state index contributed by atoms with van der Waals surface area (Å²) < 4.78 is 1.76. The van der Waals surface area contributed by atoms with Crippen LogP contribution in [0.25, 0.3) is 5.78 Å². The van der Waals surface area contributed by atoms with Gasteiger partial charge in [-0.05, 0) is 24.5 Å². The molecule has 148 valence electrons. The van der Waals surface area contributed by atoms with Crippen LogP contribution < -0.4 is 5.32 Å². The minimum Gasteiger partial charge on any atom is -0.351 e. The second-order valence-electron chi connectivity index (χ2n) is 7.83. The minimum atomic E-state index is -0.0984. The molecule has 3 atom stereocenters. The zero-order chi connectivity index (χ0) is 19.8. The van der Waals surface area contributed by atoms with Crippen LogP contribution in [-0.4, -0.2) is 49.7 Å². The first-order valence-electron chi connectivity index (χ1n) is 10.2. The number of carbonyl (C=O) groups excluding carboxylic acids is 2. The Morgan fingerprint density at radius 3 is 2.83 bits per heavy atom. The number of nitrogens with one attached hydrogen (secondary N) is 1. The summed E-state index contributed by atoms with van der Waals surface area (Å²) in [7, 11) is 0. The molecule has 2 saturated heterocycles. The van der Waals surface area contributed by atoms with Crippen molar-refractivity contribution in [3.05, 3.63) is 66.2 Å². The van der Waals surface area contributed by atoms with E-state index >= 15 is 0 Å². The molecule has 2 amide bonds. The number of amides is 2. The van der Waals surface area contributed by atoms with Crippen molar-refractivity contribution >= 4 is 17.6 Å². The molecule has 29 heavy (non-hydrogen) atoms. The number of hydrogen-bond acceptors (Lipinski definition) is 4. The van der Waals surface area contributed by atoms with E-state index in [9.17, 15) is 9.59 Å². The Labute approximate surface area is 168 Å². The predicted molar refractivity (Wildman–Crippen MR) is 107 cm³/mol. The molecule has 2 aromatic heterocycles. The zero-order valence-electron chi connectivity index (χ0n) is 16.1. The van der Waals surface area contributed by atoms with Crippen molar-refractivity contribution in [3.8, 4) is 0 Å². The molecule has 2 aliphatic heterocycles. The van der Waals surface area contributed by atoms with Crippen LogP contribution in [0.5, 0.6) is 0 Å². The average Bonchev–Trinajstić information content (AvgIpc) is 3.31. The first-order valence-corrected chi connectivity index (χ1v) is 10.2. The summed E-state index contributed by atoms with van der Waals surface area (Å²) in [5.74, 6) is 0.560. The maximum absolute atomic E-state index is 13.4. The van der Waals surface area contributed by atoms with E-state index in [-0.39, 0.29) is 29.8 Å². The third-order valence-electron chi connectivity index (χ3n) is 6.07. The van der Waals surface area contributed by atoms with Crippen LogP contribution in [0.3, 0.4) is 0 Å². The number of hydrogen-bond donors (Lipinski definition) is 1. The molecular formula is C22H23N5O2. The first-order chi connectivity index (χ1) is 14.2. The molecule has 0 spiro atoms. The average molecular weight is 389 g/mol. The van der Waals surface area contributed by atoms with Crippen LogP contribution in [0.15, 0.2) is 55.0 Å². The summed E-state index contributed by atoms with van der Waals surface area (Å²) in [6, 6.07) is 11.9. The lowest BCUT2D eigenvalue weighted by molar-refractivity contribution is -0.122. The van der Waals surface area contributed by atoms with Gasteiger partial charge in [0.1, 0.15) is 5.69 Å². The molecule has 2 fully saturated rings. The Kier molecular flexibility index (Phi) is 4.50. The van der Waals surface area contributed by atoms with Gasteiger partial charge in [-0.2, -0.15) is 0 Å². The van der Waals surface area contributed by atoms with Gasteiger partial charge in [0.05, 0.1) is 12.1 Å². The summed E-state index contributed by atoms with van der Waals surface area (Å²) in [5.41, 5.74) is 1.54. The monoisotopic (exact) mass is 389 g/mol. The topological polar surface area (TPSA) is 79.6 Å². The SMILES string of the molecule is O=C1CCCC[C@@H]2[C@@H](N1)[C@H](c1ccccc1)CN2C(=O)c1cn2cccnc2n1. The molecule has 7 nitrogen and oxygen atoms in total. The van der Waals surface area contributed by atoms with Crippen molar-refractivity contribution < 1.29 is 9.59 Å². The van der Waals surface area contributed by atoms with Crippen LogP contribution in [0.1, 0.15) is 47.7 Å². The molecule has 0 unspecified atom stereocenters. The number of aromatic nitrogens is 3. The zero-order valence-corrected chi connectivity index (χ0v) is 16.1. The molecule has 4 heterocycles. The number of fused-ring (bicyclic) bond motifs is 2. The van der Waals surface area contributed by atoms with Crippen molar-refractivity contribution in [3.63, 3.8) is 0 Å². The molecule has 0 aliphatic carbocycles. The van der Waals surface area contributed by atoms with Crippen molar-refractivity contribution in [2.24, 2.45) is 0 Å². The maximum Gasteiger partial charge on any atom is 0.274 e. The fourth-order valence-corrected chi connectivity index (χ4v) is 4.68. The van der Waals surface area contributed by atoms with Gasteiger partial charge in [-0.1, -0.05) is 36.8 Å². The van der Waals surface area contributed by atoms with Gasteiger partial charge in [0.15, 0.2) is 0 Å². The van der Waals surface area contributed by atoms with Gasteiger partial charge < -0.3 is 10.2 Å². The van der Waals surface area contributed by atoms with E-state index < -0.39 is 0 Å². The lowest BCUT2D eigenvalue weighted by Crippen LogP contribution is -2.48. The Bertz CT molecular complexity index is 1010. The highest BCUT2D eigenvalue weighted by molar-refractivity contribution is 5.93. The largest absolute Gasteiger partial charge is 0.351 e. The number of benzene rings is 1. The summed E-state index contributed by atoms with van der Waals surface area (Å²) in [6.07, 6.45) is 8.46. The second-order valence-corrected chi connectivity index (χ2v) is 7.83. The Morgan fingerprint density at radius 2 is 2.00 bits per heavy atom. The molecule has 0 bridgehead atoms. The smallest absolute Gasteiger partial charge is 0.274 e. The molecular weight excluding hydrogens is 366 g/mol. The normalized spacial score (nSPS) is 24.6. The number of likely N-dealkylation sites (tertiary alicyclic amines) is 1. The number of rotatable bonds is 2. The van der Waals surface area contributed by atoms with E-state index in [0.29, 0.717) is 24.4 Å². The van der Waals surface area contributed by atoms with Crippen molar-refractivity contribution in [2.45, 2.75) is 43.7 Å². The van der Waals surface area contributed by atoms with E-state index in [0.717, 1.165) is 24.8 Å². The van der Waals surface area contributed by atoms with E-state index in [2.05, 4.69) is 27.4 Å². The van der Waals surface area contributed by atoms with Gasteiger partial charge in [0, 0.05) is 37.5 Å². The van der Waals surface area contributed by atoms with Gasteiger partial charge in [0.2, 0.25) is 11.7 Å². The van der Waals surface area contributed by atoms with Gasteiger partial charge in [-0.15, -0.1) is 0 Å². The van der Waals surface area contributed by atoms with Crippen LogP contribution in [0.4, 0.5) is 0 Å². The second kappa shape index (κ2) is 7.31. The molecule has 0 saturated carbocycles. The molecule has 3 aromatic rings. The fourth-order valence-electron chi connectivity index (χ4n) is 4.68. The van der Waals surface area contributed by atoms with E-state index in [1.54, 1.807) is 16.8 Å². The van der Waals surface area contributed by atoms with Gasteiger partial charge in [-0.3, -0.25) is 14.0 Å². The quantitative estimate of drug-likeness (QED) is 0.730. The summed E-state index contributed by atoms with van der Waals surface area (Å²) >= 11 is 0. The molecule has 1 N–H and O–H groups in total. The lowest BCUT2D eigenvalue weighted by Gasteiger charge is -2.30. The third kappa shape index (κ3) is 3.26. The van der Waals surface area contributed by atoms with Crippen LogP contribution in [0.2, 0.25) is 0 Å². The lowest BCUT2D eigenvalue weighted by atomic mass is 9.88. The van der Waals surface area contributed by atoms with Crippen LogP contribution >= 0.6 is 0 Å². The Hall–Kier alpha value is -3.22. The van der Waals surface area contributed by atoms with Crippen LogP contribution in [0, 0.1) is 0 Å². The van der Waals surface area contributed by atoms with Crippen molar-refractivity contribution in [2.75, 3.05) is 6.54 Å². The number of carbonyl (C=O) groups is 2. The highest BCUT2D eigenvalue weighted by atomic mass is 16.2. The van der Waals surface area contributed by atoms with E-state index in [1.165, 1.54) is 0 Å². The van der Waals surface area contributed by atoms with Gasteiger partial charge >= 0.3 is 0 Å². The molecule has 1 aromatic carbocycles. The fraction of sp³-hybridized carbons (Fsp3) is 0.364. The summed E-state index contributed by atoms with van der Waals surface area (Å²) in [4.78, 5) is 36.4. The highest BCUT2D eigenvalue weighted by Gasteiger charge is 2.45.